The fraction of sp³-hybridized carbons (Fsp3) is 0.706. The van der Waals surface area contributed by atoms with Crippen molar-refractivity contribution in [1.29, 1.82) is 0 Å². The summed E-state index contributed by atoms with van der Waals surface area (Å²) in [6.45, 7) is 9.77. The van der Waals surface area contributed by atoms with E-state index in [1.165, 1.54) is 0 Å². The molecular weight excluding hydrogens is 465 g/mol. The molecule has 7 nitrogen and oxygen atoms in total. The van der Waals surface area contributed by atoms with E-state index >= 15 is 0 Å². The molecule has 0 aliphatic carbocycles. The summed E-state index contributed by atoms with van der Waals surface area (Å²) in [4.78, 5) is 20.3. The van der Waals surface area contributed by atoms with E-state index in [4.69, 9.17) is 4.74 Å². The predicted molar refractivity (Wildman–Crippen MR) is 119 cm³/mol. The van der Waals surface area contributed by atoms with Gasteiger partial charge in [0.1, 0.15) is 0 Å². The van der Waals surface area contributed by atoms with Crippen LogP contribution in [0.1, 0.15) is 37.9 Å². The molecule has 1 atom stereocenters. The zero-order valence-corrected chi connectivity index (χ0v) is 19.4. The molecule has 0 radical (unpaired) electrons. The van der Waals surface area contributed by atoms with Crippen LogP contribution in [0.2, 0.25) is 0 Å². The summed E-state index contributed by atoms with van der Waals surface area (Å²) in [5.74, 6) is 1.18. The van der Waals surface area contributed by atoms with Crippen LogP contribution in [0.25, 0.3) is 0 Å². The molecule has 0 aromatic carbocycles. The molecule has 1 unspecified atom stereocenters. The Labute approximate surface area is 177 Å². The fourth-order valence-corrected chi connectivity index (χ4v) is 3.02. The van der Waals surface area contributed by atoms with Gasteiger partial charge in [-0.3, -0.25) is 4.99 Å². The Hall–Kier alpha value is -1.10. The number of halogens is 1. The van der Waals surface area contributed by atoms with Gasteiger partial charge in [-0.1, -0.05) is 13.8 Å². The number of aliphatic imine (C=N–C) groups is 1. The van der Waals surface area contributed by atoms with Crippen molar-refractivity contribution in [3.63, 3.8) is 0 Å². The zero-order valence-electron chi connectivity index (χ0n) is 16.3. The van der Waals surface area contributed by atoms with E-state index in [1.807, 2.05) is 6.92 Å². The van der Waals surface area contributed by atoms with Gasteiger partial charge in [0.2, 0.25) is 0 Å². The molecule has 150 valence electrons. The number of thiazole rings is 1. The maximum absolute atomic E-state index is 11.7. The topological polar surface area (TPSA) is 87.6 Å². The molecule has 0 fully saturated rings. The number of guanidine groups is 1. The molecule has 0 spiro atoms. The summed E-state index contributed by atoms with van der Waals surface area (Å²) in [5, 5.41) is 12.6. The lowest BCUT2D eigenvalue weighted by atomic mass is 10.0. The summed E-state index contributed by atoms with van der Waals surface area (Å²) >= 11 is 1.66. The third-order valence-electron chi connectivity index (χ3n) is 3.43. The van der Waals surface area contributed by atoms with Crippen molar-refractivity contribution < 1.29 is 9.53 Å². The van der Waals surface area contributed by atoms with Crippen molar-refractivity contribution in [2.45, 2.75) is 46.6 Å². The highest BCUT2D eigenvalue weighted by Crippen LogP contribution is 2.07. The molecule has 1 heterocycles. The van der Waals surface area contributed by atoms with Crippen LogP contribution in [-0.4, -0.2) is 49.8 Å². The minimum atomic E-state index is -0.378. The number of nitrogens with one attached hydrogen (secondary N) is 3. The molecule has 0 saturated heterocycles. The van der Waals surface area contributed by atoms with Gasteiger partial charge in [0.15, 0.2) is 5.96 Å². The van der Waals surface area contributed by atoms with Crippen molar-refractivity contribution in [1.82, 2.24) is 20.9 Å². The standard InChI is InChI=1S/C17H31N5O2S.HI/c1-6-24-17(23)22-15(9-12(2)3)10-20-16(18-5)19-8-7-14-11-25-13(4)21-14;/h11-12,15H,6-10H2,1-5H3,(H,22,23)(H2,18,19,20);1H. The summed E-state index contributed by atoms with van der Waals surface area (Å²) in [6.07, 6.45) is 1.33. The van der Waals surface area contributed by atoms with E-state index in [0.717, 1.165) is 30.1 Å². The summed E-state index contributed by atoms with van der Waals surface area (Å²) in [7, 11) is 1.73. The van der Waals surface area contributed by atoms with Gasteiger partial charge in [0.05, 0.1) is 17.3 Å². The van der Waals surface area contributed by atoms with Gasteiger partial charge in [0, 0.05) is 38.0 Å². The fourth-order valence-electron chi connectivity index (χ4n) is 2.37. The SMILES string of the molecule is CCOC(=O)NC(CNC(=NC)NCCc1csc(C)n1)CC(C)C.I. The maximum atomic E-state index is 11.7. The van der Waals surface area contributed by atoms with Gasteiger partial charge >= 0.3 is 6.09 Å². The third-order valence-corrected chi connectivity index (χ3v) is 4.26. The van der Waals surface area contributed by atoms with Crippen molar-refractivity contribution in [2.75, 3.05) is 26.7 Å². The number of aromatic nitrogens is 1. The van der Waals surface area contributed by atoms with Crippen LogP contribution in [0.3, 0.4) is 0 Å². The van der Waals surface area contributed by atoms with Crippen LogP contribution >= 0.6 is 35.3 Å². The van der Waals surface area contributed by atoms with Crippen LogP contribution in [-0.2, 0) is 11.2 Å². The van der Waals surface area contributed by atoms with Crippen molar-refractivity contribution in [3.05, 3.63) is 16.1 Å². The Morgan fingerprint density at radius 2 is 2.12 bits per heavy atom. The van der Waals surface area contributed by atoms with Gasteiger partial charge in [-0.15, -0.1) is 35.3 Å². The van der Waals surface area contributed by atoms with Gasteiger partial charge in [-0.25, -0.2) is 9.78 Å². The largest absolute Gasteiger partial charge is 0.450 e. The quantitative estimate of drug-likeness (QED) is 0.278. The number of nitrogens with zero attached hydrogens (tertiary/aromatic N) is 2. The Bertz CT molecular complexity index is 551. The predicted octanol–water partition coefficient (Wildman–Crippen LogP) is 2.94. The van der Waals surface area contributed by atoms with Crippen molar-refractivity contribution in [3.8, 4) is 0 Å². The molecule has 9 heteroatoms. The first kappa shape index (κ1) is 24.9. The molecule has 3 N–H and O–H groups in total. The van der Waals surface area contributed by atoms with Gasteiger partial charge in [-0.05, 0) is 26.2 Å². The third kappa shape index (κ3) is 10.8. The molecule has 1 aromatic rings. The van der Waals surface area contributed by atoms with Crippen LogP contribution in [0.4, 0.5) is 4.79 Å². The molecule has 0 aliphatic rings. The van der Waals surface area contributed by atoms with Crippen LogP contribution in [0.5, 0.6) is 0 Å². The number of hydrogen-bond donors (Lipinski definition) is 3. The highest BCUT2D eigenvalue weighted by atomic mass is 127. The molecular formula is C17H32IN5O2S. The summed E-state index contributed by atoms with van der Waals surface area (Å²) < 4.78 is 4.97. The van der Waals surface area contributed by atoms with E-state index in [0.29, 0.717) is 25.0 Å². The first-order valence-corrected chi connectivity index (χ1v) is 9.61. The van der Waals surface area contributed by atoms with Crippen molar-refractivity contribution in [2.24, 2.45) is 10.9 Å². The Balaban J connectivity index is 0.00000625. The number of aryl methyl sites for hydroxylation is 1. The second-order valence-corrected chi connectivity index (χ2v) is 7.24. The van der Waals surface area contributed by atoms with Crippen LogP contribution in [0.15, 0.2) is 10.4 Å². The van der Waals surface area contributed by atoms with Crippen LogP contribution in [0, 0.1) is 12.8 Å². The minimum Gasteiger partial charge on any atom is -0.450 e. The van der Waals surface area contributed by atoms with E-state index in [9.17, 15) is 4.79 Å². The first-order valence-electron chi connectivity index (χ1n) is 8.73. The number of hydrogen-bond acceptors (Lipinski definition) is 5. The lowest BCUT2D eigenvalue weighted by Crippen LogP contribution is -2.48. The van der Waals surface area contributed by atoms with Gasteiger partial charge in [-0.2, -0.15) is 0 Å². The van der Waals surface area contributed by atoms with E-state index in [-0.39, 0.29) is 36.1 Å². The second-order valence-electron chi connectivity index (χ2n) is 6.18. The normalized spacial score (nSPS) is 12.3. The molecule has 26 heavy (non-hydrogen) atoms. The summed E-state index contributed by atoms with van der Waals surface area (Å²) in [5.41, 5.74) is 1.09. The average molecular weight is 497 g/mol. The molecule has 1 rings (SSSR count). The number of carbonyl (C=O) groups is 1. The van der Waals surface area contributed by atoms with Crippen LogP contribution < -0.4 is 16.0 Å². The first-order chi connectivity index (χ1) is 11.9. The lowest BCUT2D eigenvalue weighted by molar-refractivity contribution is 0.146. The minimum absolute atomic E-state index is 0. The average Bonchev–Trinajstić information content (AvgIpc) is 2.95. The summed E-state index contributed by atoms with van der Waals surface area (Å²) in [6, 6.07) is -0.0150. The lowest BCUT2D eigenvalue weighted by Gasteiger charge is -2.22. The molecule has 0 bridgehead atoms. The van der Waals surface area contributed by atoms with E-state index < -0.39 is 0 Å². The smallest absolute Gasteiger partial charge is 0.407 e. The van der Waals surface area contributed by atoms with E-state index in [1.54, 1.807) is 25.3 Å². The molecule has 1 aromatic heterocycles. The molecule has 1 amide bonds. The molecule has 0 saturated carbocycles. The maximum Gasteiger partial charge on any atom is 0.407 e. The number of amides is 1. The molecule has 0 aliphatic heterocycles. The number of alkyl carbamates (subject to hydrolysis) is 1. The highest BCUT2D eigenvalue weighted by molar-refractivity contribution is 14.0. The van der Waals surface area contributed by atoms with Gasteiger partial charge in [0.25, 0.3) is 0 Å². The number of rotatable bonds is 9. The number of ether oxygens (including phenoxy) is 1. The monoisotopic (exact) mass is 497 g/mol. The Morgan fingerprint density at radius 3 is 2.65 bits per heavy atom. The Morgan fingerprint density at radius 1 is 1.38 bits per heavy atom. The van der Waals surface area contributed by atoms with E-state index in [2.05, 4.69) is 45.2 Å². The Kier molecular flexibility index (Phi) is 13.4. The van der Waals surface area contributed by atoms with Gasteiger partial charge < -0.3 is 20.7 Å². The number of carbonyl (C=O) groups excluding carboxylic acids is 1. The van der Waals surface area contributed by atoms with Crippen molar-refractivity contribution >= 4 is 47.4 Å². The second kappa shape index (κ2) is 14.0. The zero-order chi connectivity index (χ0) is 18.7. The highest BCUT2D eigenvalue weighted by Gasteiger charge is 2.15.